The highest BCUT2D eigenvalue weighted by molar-refractivity contribution is 6.30. The Morgan fingerprint density at radius 2 is 1.85 bits per heavy atom. The van der Waals surface area contributed by atoms with E-state index < -0.39 is 0 Å². The van der Waals surface area contributed by atoms with Crippen LogP contribution in [-0.2, 0) is 11.3 Å². The summed E-state index contributed by atoms with van der Waals surface area (Å²) < 4.78 is 13.5. The van der Waals surface area contributed by atoms with Crippen LogP contribution in [-0.4, -0.2) is 35.7 Å². The van der Waals surface area contributed by atoms with Crippen molar-refractivity contribution in [2.45, 2.75) is 25.3 Å². The molecule has 0 aliphatic carbocycles. The van der Waals surface area contributed by atoms with Gasteiger partial charge in [-0.1, -0.05) is 29.8 Å². The summed E-state index contributed by atoms with van der Waals surface area (Å²) in [6, 6.07) is 23.2. The molecule has 1 atom stereocenters. The van der Waals surface area contributed by atoms with Gasteiger partial charge in [0.05, 0.1) is 24.8 Å². The molecule has 0 radical (unpaired) electrons. The van der Waals surface area contributed by atoms with Gasteiger partial charge in [-0.2, -0.15) is 0 Å². The van der Waals surface area contributed by atoms with Gasteiger partial charge < -0.3 is 18.9 Å². The number of ether oxygens (including phenoxy) is 2. The summed E-state index contributed by atoms with van der Waals surface area (Å²) in [6.45, 7) is 1.93. The van der Waals surface area contributed by atoms with Crippen molar-refractivity contribution in [3.63, 3.8) is 0 Å². The zero-order chi connectivity index (χ0) is 23.5. The molecular weight excluding hydrogens is 450 g/mol. The van der Waals surface area contributed by atoms with E-state index in [9.17, 15) is 4.79 Å². The number of carbonyl (C=O) groups is 1. The number of hydrogen-bond acceptors (Lipinski definition) is 4. The van der Waals surface area contributed by atoms with Crippen molar-refractivity contribution in [2.24, 2.45) is 0 Å². The van der Waals surface area contributed by atoms with Crippen molar-refractivity contribution in [1.29, 1.82) is 0 Å². The van der Waals surface area contributed by atoms with Crippen LogP contribution >= 0.6 is 11.6 Å². The van der Waals surface area contributed by atoms with E-state index in [4.69, 9.17) is 26.1 Å². The molecule has 2 heterocycles. The average Bonchev–Trinajstić information content (AvgIpc) is 3.43. The predicted molar refractivity (Wildman–Crippen MR) is 134 cm³/mol. The second kappa shape index (κ2) is 9.77. The second-order valence-electron chi connectivity index (χ2n) is 8.37. The Labute approximate surface area is 203 Å². The zero-order valence-electron chi connectivity index (χ0n) is 19.0. The van der Waals surface area contributed by atoms with E-state index in [0.29, 0.717) is 24.6 Å². The SMILES string of the molecule is COc1cccc(N2C[C@@H](c3nc4ccccc4n3CCCOc3ccc(Cl)cc3)CC2=O)c1. The van der Waals surface area contributed by atoms with Crippen LogP contribution in [0.5, 0.6) is 11.5 Å². The highest BCUT2D eigenvalue weighted by atomic mass is 35.5. The number of aryl methyl sites for hydroxylation is 1. The van der Waals surface area contributed by atoms with Gasteiger partial charge in [-0.3, -0.25) is 4.79 Å². The maximum absolute atomic E-state index is 12.9. The summed E-state index contributed by atoms with van der Waals surface area (Å²) in [5.41, 5.74) is 2.88. The third kappa shape index (κ3) is 4.59. The van der Waals surface area contributed by atoms with Gasteiger partial charge in [0, 0.05) is 42.2 Å². The number of carbonyl (C=O) groups excluding carboxylic acids is 1. The lowest BCUT2D eigenvalue weighted by Crippen LogP contribution is -2.24. The molecule has 3 aromatic carbocycles. The maximum atomic E-state index is 12.9. The van der Waals surface area contributed by atoms with Crippen molar-refractivity contribution >= 4 is 34.2 Å². The molecule has 1 saturated heterocycles. The van der Waals surface area contributed by atoms with Gasteiger partial charge in [0.15, 0.2) is 0 Å². The Hall–Kier alpha value is -3.51. The van der Waals surface area contributed by atoms with Crippen LogP contribution in [0, 0.1) is 0 Å². The number of benzene rings is 3. The van der Waals surface area contributed by atoms with E-state index in [1.54, 1.807) is 7.11 Å². The Morgan fingerprint density at radius 3 is 2.68 bits per heavy atom. The number of amides is 1. The van der Waals surface area contributed by atoms with Crippen LogP contribution in [0.25, 0.3) is 11.0 Å². The van der Waals surface area contributed by atoms with Gasteiger partial charge in [0.2, 0.25) is 5.91 Å². The second-order valence-corrected chi connectivity index (χ2v) is 8.81. The van der Waals surface area contributed by atoms with Crippen molar-refractivity contribution < 1.29 is 14.3 Å². The van der Waals surface area contributed by atoms with Gasteiger partial charge in [0.25, 0.3) is 0 Å². The van der Waals surface area contributed by atoms with Crippen molar-refractivity contribution in [1.82, 2.24) is 9.55 Å². The Balaban J connectivity index is 1.34. The summed E-state index contributed by atoms with van der Waals surface area (Å²) in [5.74, 6) is 2.61. The quantitative estimate of drug-likeness (QED) is 0.307. The molecule has 0 N–H and O–H groups in total. The molecule has 5 rings (SSSR count). The molecule has 34 heavy (non-hydrogen) atoms. The van der Waals surface area contributed by atoms with Crippen LogP contribution < -0.4 is 14.4 Å². The third-order valence-corrected chi connectivity index (χ3v) is 6.40. The van der Waals surface area contributed by atoms with Gasteiger partial charge in [0.1, 0.15) is 17.3 Å². The third-order valence-electron chi connectivity index (χ3n) is 6.15. The van der Waals surface area contributed by atoms with E-state index in [1.807, 2.05) is 71.6 Å². The van der Waals surface area contributed by atoms with E-state index >= 15 is 0 Å². The topological polar surface area (TPSA) is 56.6 Å². The van der Waals surface area contributed by atoms with Crippen molar-refractivity contribution in [3.8, 4) is 11.5 Å². The molecule has 1 aliphatic heterocycles. The molecule has 7 heteroatoms. The van der Waals surface area contributed by atoms with Crippen LogP contribution in [0.4, 0.5) is 5.69 Å². The highest BCUT2D eigenvalue weighted by Gasteiger charge is 2.35. The lowest BCUT2D eigenvalue weighted by atomic mass is 10.1. The standard InChI is InChI=1S/C27H26ClN3O3/c1-33-23-7-4-6-21(17-23)31-18-19(16-26(31)32)27-29-24-8-2-3-9-25(24)30(27)14-5-15-34-22-12-10-20(28)11-13-22/h2-4,6-13,17,19H,5,14-16,18H2,1H3/t19-/m0/s1. The van der Waals surface area contributed by atoms with E-state index in [2.05, 4.69) is 10.6 Å². The number of anilines is 1. The Morgan fingerprint density at radius 1 is 1.03 bits per heavy atom. The number of imidazole rings is 1. The van der Waals surface area contributed by atoms with Crippen LogP contribution in [0.3, 0.4) is 0 Å². The predicted octanol–water partition coefficient (Wildman–Crippen LogP) is 5.69. The smallest absolute Gasteiger partial charge is 0.227 e. The van der Waals surface area contributed by atoms with Gasteiger partial charge in [-0.05, 0) is 55.0 Å². The normalized spacial score (nSPS) is 15.8. The van der Waals surface area contributed by atoms with Gasteiger partial charge in [-0.15, -0.1) is 0 Å². The minimum atomic E-state index is 0.0169. The minimum absolute atomic E-state index is 0.0169. The molecule has 4 aromatic rings. The summed E-state index contributed by atoms with van der Waals surface area (Å²) in [7, 11) is 1.63. The maximum Gasteiger partial charge on any atom is 0.227 e. The molecule has 0 spiro atoms. The Bertz CT molecular complexity index is 1300. The lowest BCUT2D eigenvalue weighted by molar-refractivity contribution is -0.117. The summed E-state index contributed by atoms with van der Waals surface area (Å²) in [6.07, 6.45) is 1.25. The Kier molecular flexibility index (Phi) is 6.41. The zero-order valence-corrected chi connectivity index (χ0v) is 19.7. The largest absolute Gasteiger partial charge is 0.497 e. The minimum Gasteiger partial charge on any atom is -0.497 e. The van der Waals surface area contributed by atoms with E-state index in [0.717, 1.165) is 47.0 Å². The fraction of sp³-hybridized carbons (Fsp3) is 0.259. The number of rotatable bonds is 8. The number of aromatic nitrogens is 2. The average molecular weight is 476 g/mol. The molecule has 1 fully saturated rings. The first-order valence-corrected chi connectivity index (χ1v) is 11.8. The first-order valence-electron chi connectivity index (χ1n) is 11.4. The van der Waals surface area contributed by atoms with Crippen molar-refractivity contribution in [3.05, 3.63) is 83.6 Å². The summed E-state index contributed by atoms with van der Waals surface area (Å²) >= 11 is 5.95. The first-order chi connectivity index (χ1) is 16.6. The molecule has 0 unspecified atom stereocenters. The molecule has 6 nitrogen and oxygen atoms in total. The fourth-order valence-electron chi connectivity index (χ4n) is 4.49. The van der Waals surface area contributed by atoms with E-state index in [1.165, 1.54) is 0 Å². The highest BCUT2D eigenvalue weighted by Crippen LogP contribution is 2.34. The van der Waals surface area contributed by atoms with Crippen molar-refractivity contribution in [2.75, 3.05) is 25.2 Å². The van der Waals surface area contributed by atoms with Gasteiger partial charge >= 0.3 is 0 Å². The fourth-order valence-corrected chi connectivity index (χ4v) is 4.62. The number of hydrogen-bond donors (Lipinski definition) is 0. The molecule has 1 aliphatic rings. The lowest BCUT2D eigenvalue weighted by Gasteiger charge is -2.18. The van der Waals surface area contributed by atoms with Crippen LogP contribution in [0.1, 0.15) is 24.6 Å². The molecule has 0 saturated carbocycles. The monoisotopic (exact) mass is 475 g/mol. The summed E-state index contributed by atoms with van der Waals surface area (Å²) in [5, 5.41) is 0.691. The molecule has 0 bridgehead atoms. The molecule has 1 amide bonds. The number of halogens is 1. The molecule has 174 valence electrons. The first kappa shape index (κ1) is 22.3. The molecule has 1 aromatic heterocycles. The number of nitrogens with zero attached hydrogens (tertiary/aromatic N) is 3. The summed E-state index contributed by atoms with van der Waals surface area (Å²) in [4.78, 5) is 19.7. The number of fused-ring (bicyclic) bond motifs is 1. The number of methoxy groups -OCH3 is 1. The van der Waals surface area contributed by atoms with Gasteiger partial charge in [-0.25, -0.2) is 4.98 Å². The van der Waals surface area contributed by atoms with E-state index in [-0.39, 0.29) is 11.8 Å². The molecular formula is C27H26ClN3O3. The number of para-hydroxylation sites is 2. The van der Waals surface area contributed by atoms with Crippen LogP contribution in [0.2, 0.25) is 5.02 Å². The van der Waals surface area contributed by atoms with Crippen LogP contribution in [0.15, 0.2) is 72.8 Å².